The number of nitrogens with zero attached hydrogens (tertiary/aromatic N) is 3. The molecule has 1 aromatic heterocycles. The first-order chi connectivity index (χ1) is 7.08. The molecule has 1 aliphatic rings. The second kappa shape index (κ2) is 3.30. The van der Waals surface area contributed by atoms with Crippen molar-refractivity contribution in [3.8, 4) is 0 Å². The summed E-state index contributed by atoms with van der Waals surface area (Å²) in [6, 6.07) is 0. The first-order valence-electron chi connectivity index (χ1n) is 4.89. The number of hydrogen-bond acceptors (Lipinski definition) is 4. The molecule has 82 valence electrons. The van der Waals surface area contributed by atoms with Crippen molar-refractivity contribution < 1.29 is 9.90 Å². The van der Waals surface area contributed by atoms with Gasteiger partial charge in [-0.05, 0) is 19.8 Å². The maximum atomic E-state index is 10.9. The van der Waals surface area contributed by atoms with Crippen LogP contribution in [0, 0.1) is 12.3 Å². The van der Waals surface area contributed by atoms with E-state index in [1.165, 1.54) is 0 Å². The van der Waals surface area contributed by atoms with Crippen LogP contribution in [0.3, 0.4) is 0 Å². The van der Waals surface area contributed by atoms with Crippen LogP contribution in [-0.4, -0.2) is 32.6 Å². The minimum absolute atomic E-state index is 0.0482. The summed E-state index contributed by atoms with van der Waals surface area (Å²) in [5, 5.41) is 16.8. The minimum atomic E-state index is -0.562. The number of rotatable bonds is 4. The van der Waals surface area contributed by atoms with Crippen LogP contribution in [0.4, 0.5) is 0 Å². The molecule has 1 aliphatic carbocycles. The monoisotopic (exact) mass is 210 g/mol. The van der Waals surface area contributed by atoms with Gasteiger partial charge in [-0.25, -0.2) is 4.68 Å². The van der Waals surface area contributed by atoms with Gasteiger partial charge in [-0.15, -0.1) is 5.10 Å². The molecular formula is C9H14N4O2. The van der Waals surface area contributed by atoms with E-state index in [9.17, 15) is 9.90 Å². The Balaban J connectivity index is 2.19. The molecule has 6 heteroatoms. The minimum Gasteiger partial charge on any atom is -0.396 e. The van der Waals surface area contributed by atoms with Gasteiger partial charge < -0.3 is 10.8 Å². The second-order valence-corrected chi connectivity index (χ2v) is 4.20. The lowest BCUT2D eigenvalue weighted by Gasteiger charge is -2.11. The molecule has 0 bridgehead atoms. The van der Waals surface area contributed by atoms with Crippen molar-refractivity contribution in [2.24, 2.45) is 11.1 Å². The van der Waals surface area contributed by atoms with Crippen LogP contribution in [0.25, 0.3) is 0 Å². The van der Waals surface area contributed by atoms with Crippen LogP contribution in [0.2, 0.25) is 0 Å². The fourth-order valence-corrected chi connectivity index (χ4v) is 1.60. The van der Waals surface area contributed by atoms with Gasteiger partial charge in [0.2, 0.25) is 0 Å². The Bertz CT molecular complexity index is 395. The molecule has 0 radical (unpaired) electrons. The first-order valence-corrected chi connectivity index (χ1v) is 4.89. The Morgan fingerprint density at radius 2 is 2.33 bits per heavy atom. The zero-order valence-corrected chi connectivity index (χ0v) is 8.60. The van der Waals surface area contributed by atoms with Gasteiger partial charge in [-0.1, -0.05) is 5.21 Å². The highest BCUT2D eigenvalue weighted by Gasteiger charge is 2.43. The molecule has 1 aromatic rings. The number of aromatic nitrogens is 3. The standard InChI is InChI=1S/C9H14N4O2/c1-6-7(8(10)15)11-12-13(6)4-9(5-14)2-3-9/h14H,2-5H2,1H3,(H2,10,15). The lowest BCUT2D eigenvalue weighted by Crippen LogP contribution is -2.18. The van der Waals surface area contributed by atoms with Crippen LogP contribution in [0.1, 0.15) is 29.0 Å². The van der Waals surface area contributed by atoms with E-state index in [1.54, 1.807) is 11.6 Å². The molecule has 1 fully saturated rings. The summed E-state index contributed by atoms with van der Waals surface area (Å²) in [4.78, 5) is 10.9. The van der Waals surface area contributed by atoms with Crippen molar-refractivity contribution in [2.45, 2.75) is 26.3 Å². The van der Waals surface area contributed by atoms with Crippen LogP contribution in [-0.2, 0) is 6.54 Å². The fourth-order valence-electron chi connectivity index (χ4n) is 1.60. The first kappa shape index (κ1) is 10.1. The Kier molecular flexibility index (Phi) is 2.22. The topological polar surface area (TPSA) is 94.0 Å². The average molecular weight is 210 g/mol. The highest BCUT2D eigenvalue weighted by molar-refractivity contribution is 5.91. The third-order valence-corrected chi connectivity index (χ3v) is 2.99. The van der Waals surface area contributed by atoms with Crippen molar-refractivity contribution in [3.05, 3.63) is 11.4 Å². The van der Waals surface area contributed by atoms with E-state index in [0.717, 1.165) is 12.8 Å². The highest BCUT2D eigenvalue weighted by Crippen LogP contribution is 2.46. The summed E-state index contributed by atoms with van der Waals surface area (Å²) in [7, 11) is 0. The molecule has 0 spiro atoms. The molecule has 15 heavy (non-hydrogen) atoms. The molecule has 6 nitrogen and oxygen atoms in total. The summed E-state index contributed by atoms with van der Waals surface area (Å²) in [6.45, 7) is 2.52. The molecule has 0 atom stereocenters. The molecule has 2 rings (SSSR count). The predicted molar refractivity (Wildman–Crippen MR) is 52.0 cm³/mol. The van der Waals surface area contributed by atoms with Crippen molar-refractivity contribution >= 4 is 5.91 Å². The third-order valence-electron chi connectivity index (χ3n) is 2.99. The third kappa shape index (κ3) is 1.72. The smallest absolute Gasteiger partial charge is 0.271 e. The summed E-state index contributed by atoms with van der Waals surface area (Å²) in [5.74, 6) is -0.562. The van der Waals surface area contributed by atoms with E-state index in [0.29, 0.717) is 12.2 Å². The van der Waals surface area contributed by atoms with E-state index >= 15 is 0 Å². The van der Waals surface area contributed by atoms with Crippen LogP contribution >= 0.6 is 0 Å². The summed E-state index contributed by atoms with van der Waals surface area (Å²) in [5.41, 5.74) is 5.97. The van der Waals surface area contributed by atoms with Crippen LogP contribution in [0.5, 0.6) is 0 Å². The van der Waals surface area contributed by atoms with Gasteiger partial charge in [0.15, 0.2) is 5.69 Å². The van der Waals surface area contributed by atoms with Gasteiger partial charge in [0.05, 0.1) is 18.8 Å². The van der Waals surface area contributed by atoms with Gasteiger partial charge in [-0.3, -0.25) is 4.79 Å². The summed E-state index contributed by atoms with van der Waals surface area (Å²) < 4.78 is 1.64. The average Bonchev–Trinajstić information content (AvgIpc) is 2.87. The van der Waals surface area contributed by atoms with Gasteiger partial charge in [-0.2, -0.15) is 0 Å². The molecule has 0 saturated heterocycles. The van der Waals surface area contributed by atoms with Crippen molar-refractivity contribution in [1.82, 2.24) is 15.0 Å². The van der Waals surface area contributed by atoms with Gasteiger partial charge in [0.1, 0.15) is 0 Å². The number of aliphatic hydroxyl groups is 1. The normalized spacial score (nSPS) is 17.7. The maximum Gasteiger partial charge on any atom is 0.271 e. The number of nitrogens with two attached hydrogens (primary N) is 1. The van der Waals surface area contributed by atoms with Gasteiger partial charge in [0, 0.05) is 5.41 Å². The quantitative estimate of drug-likeness (QED) is 0.697. The predicted octanol–water partition coefficient (Wildman–Crippen LogP) is -0.542. The number of carbonyl (C=O) groups is 1. The van der Waals surface area contributed by atoms with Gasteiger partial charge in [0.25, 0.3) is 5.91 Å². The molecule has 1 heterocycles. The summed E-state index contributed by atoms with van der Waals surface area (Å²) in [6.07, 6.45) is 1.99. The lowest BCUT2D eigenvalue weighted by atomic mass is 10.1. The number of carbonyl (C=O) groups excluding carboxylic acids is 1. The maximum absolute atomic E-state index is 10.9. The van der Waals surface area contributed by atoms with Crippen LogP contribution < -0.4 is 5.73 Å². The molecule has 0 aliphatic heterocycles. The zero-order valence-electron chi connectivity index (χ0n) is 8.60. The largest absolute Gasteiger partial charge is 0.396 e. The van der Waals surface area contributed by atoms with E-state index in [1.807, 2.05) is 0 Å². The SMILES string of the molecule is Cc1c(C(N)=O)nnn1CC1(CO)CC1. The molecular weight excluding hydrogens is 196 g/mol. The Labute approximate surface area is 87.1 Å². The van der Waals surface area contributed by atoms with E-state index in [4.69, 9.17) is 5.73 Å². The molecule has 0 unspecified atom stereocenters. The molecule has 1 saturated carbocycles. The number of hydrogen-bond donors (Lipinski definition) is 2. The Morgan fingerprint density at radius 1 is 1.67 bits per heavy atom. The second-order valence-electron chi connectivity index (χ2n) is 4.20. The number of amides is 1. The molecule has 3 N–H and O–H groups in total. The number of aliphatic hydroxyl groups excluding tert-OH is 1. The van der Waals surface area contributed by atoms with Crippen molar-refractivity contribution in [3.63, 3.8) is 0 Å². The Morgan fingerprint density at radius 3 is 2.73 bits per heavy atom. The van der Waals surface area contributed by atoms with Crippen LogP contribution in [0.15, 0.2) is 0 Å². The van der Waals surface area contributed by atoms with Gasteiger partial charge >= 0.3 is 0 Å². The van der Waals surface area contributed by atoms with E-state index < -0.39 is 5.91 Å². The molecule has 1 amide bonds. The number of primary amides is 1. The molecule has 0 aromatic carbocycles. The zero-order chi connectivity index (χ0) is 11.1. The van der Waals surface area contributed by atoms with Crippen molar-refractivity contribution in [2.75, 3.05) is 6.61 Å². The summed E-state index contributed by atoms with van der Waals surface area (Å²) >= 11 is 0. The lowest BCUT2D eigenvalue weighted by molar-refractivity contribution is 0.0995. The highest BCUT2D eigenvalue weighted by atomic mass is 16.3. The fraction of sp³-hybridized carbons (Fsp3) is 0.667. The Hall–Kier alpha value is -1.43. The van der Waals surface area contributed by atoms with E-state index in [-0.39, 0.29) is 17.7 Å². The van der Waals surface area contributed by atoms with Crippen molar-refractivity contribution in [1.29, 1.82) is 0 Å². The van der Waals surface area contributed by atoms with E-state index in [2.05, 4.69) is 10.3 Å².